The Morgan fingerprint density at radius 2 is 1.85 bits per heavy atom. The summed E-state index contributed by atoms with van der Waals surface area (Å²) in [5, 5.41) is 3.99. The first-order chi connectivity index (χ1) is 12.5. The molecule has 3 aromatic rings. The molecule has 4 nitrogen and oxygen atoms in total. The summed E-state index contributed by atoms with van der Waals surface area (Å²) in [4.78, 5) is 19.4. The van der Waals surface area contributed by atoms with Gasteiger partial charge in [-0.15, -0.1) is 0 Å². The lowest BCUT2D eigenvalue weighted by Gasteiger charge is -2.23. The van der Waals surface area contributed by atoms with Crippen LogP contribution in [-0.2, 0) is 0 Å². The summed E-state index contributed by atoms with van der Waals surface area (Å²) >= 11 is 0. The van der Waals surface area contributed by atoms with Crippen LogP contribution >= 0.6 is 0 Å². The third-order valence-corrected chi connectivity index (χ3v) is 4.45. The van der Waals surface area contributed by atoms with Crippen molar-refractivity contribution >= 4 is 28.2 Å². The van der Waals surface area contributed by atoms with E-state index in [0.717, 1.165) is 29.6 Å². The second-order valence-corrected chi connectivity index (χ2v) is 6.99. The fourth-order valence-corrected chi connectivity index (χ4v) is 2.91. The fourth-order valence-electron chi connectivity index (χ4n) is 2.91. The molecule has 2 aromatic carbocycles. The van der Waals surface area contributed by atoms with E-state index in [9.17, 15) is 4.79 Å². The number of anilines is 2. The van der Waals surface area contributed by atoms with E-state index in [1.807, 2.05) is 61.6 Å². The van der Waals surface area contributed by atoms with Crippen molar-refractivity contribution in [3.8, 4) is 0 Å². The number of benzene rings is 2. The standard InChI is InChI=1S/C22H25N3O/c1-16(2)12-13-25(3)21-11-7-5-9-19(21)22(26)24-18-14-17-8-4-6-10-20(17)23-15-18/h4-11,14-16H,12-13H2,1-3H3,(H,24,26). The van der Waals surface area contributed by atoms with Crippen molar-refractivity contribution in [2.24, 2.45) is 5.92 Å². The molecule has 0 saturated heterocycles. The number of hydrogen-bond acceptors (Lipinski definition) is 3. The van der Waals surface area contributed by atoms with Gasteiger partial charge in [0.15, 0.2) is 0 Å². The van der Waals surface area contributed by atoms with Gasteiger partial charge in [-0.1, -0.05) is 44.2 Å². The Labute approximate surface area is 154 Å². The number of nitrogens with one attached hydrogen (secondary N) is 1. The molecule has 1 heterocycles. The average Bonchev–Trinajstić information content (AvgIpc) is 2.66. The Balaban J connectivity index is 1.80. The van der Waals surface area contributed by atoms with Crippen LogP contribution < -0.4 is 10.2 Å². The average molecular weight is 347 g/mol. The summed E-state index contributed by atoms with van der Waals surface area (Å²) in [5.41, 5.74) is 3.24. The van der Waals surface area contributed by atoms with Gasteiger partial charge in [-0.25, -0.2) is 0 Å². The number of para-hydroxylation sites is 2. The van der Waals surface area contributed by atoms with E-state index in [2.05, 4.69) is 29.0 Å². The summed E-state index contributed by atoms with van der Waals surface area (Å²) in [7, 11) is 2.03. The molecule has 0 unspecified atom stereocenters. The predicted octanol–water partition coefficient (Wildman–Crippen LogP) is 4.97. The Morgan fingerprint density at radius 3 is 2.65 bits per heavy atom. The maximum atomic E-state index is 12.8. The molecule has 0 aliphatic heterocycles. The third-order valence-electron chi connectivity index (χ3n) is 4.45. The predicted molar refractivity (Wildman–Crippen MR) is 109 cm³/mol. The molecular formula is C22H25N3O. The largest absolute Gasteiger partial charge is 0.374 e. The quantitative estimate of drug-likeness (QED) is 0.685. The molecule has 1 amide bonds. The van der Waals surface area contributed by atoms with Gasteiger partial charge >= 0.3 is 0 Å². The Kier molecular flexibility index (Phi) is 5.52. The Bertz CT molecular complexity index is 905. The lowest BCUT2D eigenvalue weighted by atomic mass is 10.1. The van der Waals surface area contributed by atoms with E-state index in [1.165, 1.54) is 0 Å². The van der Waals surface area contributed by atoms with Gasteiger partial charge in [-0.2, -0.15) is 0 Å². The number of carbonyl (C=O) groups excluding carboxylic acids is 1. The van der Waals surface area contributed by atoms with E-state index in [-0.39, 0.29) is 5.91 Å². The van der Waals surface area contributed by atoms with Gasteiger partial charge in [-0.3, -0.25) is 9.78 Å². The maximum absolute atomic E-state index is 12.8. The minimum Gasteiger partial charge on any atom is -0.374 e. The zero-order valence-electron chi connectivity index (χ0n) is 15.6. The van der Waals surface area contributed by atoms with Gasteiger partial charge < -0.3 is 10.2 Å². The molecule has 134 valence electrons. The summed E-state index contributed by atoms with van der Waals surface area (Å²) in [6, 6.07) is 17.5. The van der Waals surface area contributed by atoms with E-state index in [4.69, 9.17) is 0 Å². The number of rotatable bonds is 6. The molecule has 0 bridgehead atoms. The van der Waals surface area contributed by atoms with Crippen molar-refractivity contribution in [1.29, 1.82) is 0 Å². The third kappa shape index (κ3) is 4.20. The normalized spacial score (nSPS) is 10.9. The van der Waals surface area contributed by atoms with Crippen molar-refractivity contribution in [1.82, 2.24) is 4.98 Å². The van der Waals surface area contributed by atoms with Crippen molar-refractivity contribution in [2.45, 2.75) is 20.3 Å². The second-order valence-electron chi connectivity index (χ2n) is 6.99. The summed E-state index contributed by atoms with van der Waals surface area (Å²) in [6.45, 7) is 5.33. The molecule has 26 heavy (non-hydrogen) atoms. The molecule has 4 heteroatoms. The van der Waals surface area contributed by atoms with Crippen molar-refractivity contribution < 1.29 is 4.79 Å². The Morgan fingerprint density at radius 1 is 1.12 bits per heavy atom. The highest BCUT2D eigenvalue weighted by atomic mass is 16.1. The van der Waals surface area contributed by atoms with Crippen LogP contribution in [0, 0.1) is 5.92 Å². The Hall–Kier alpha value is -2.88. The number of amides is 1. The van der Waals surface area contributed by atoms with Gasteiger partial charge in [0.2, 0.25) is 0 Å². The molecule has 0 fully saturated rings. The maximum Gasteiger partial charge on any atom is 0.257 e. The summed E-state index contributed by atoms with van der Waals surface area (Å²) in [5.74, 6) is 0.510. The highest BCUT2D eigenvalue weighted by molar-refractivity contribution is 6.08. The van der Waals surface area contributed by atoms with Crippen LogP contribution in [0.1, 0.15) is 30.6 Å². The van der Waals surface area contributed by atoms with Crippen LogP contribution in [0.25, 0.3) is 10.9 Å². The molecule has 1 N–H and O–H groups in total. The van der Waals surface area contributed by atoms with Crippen LogP contribution in [0.4, 0.5) is 11.4 Å². The van der Waals surface area contributed by atoms with Crippen molar-refractivity contribution in [3.63, 3.8) is 0 Å². The molecule has 0 aliphatic rings. The lowest BCUT2D eigenvalue weighted by Crippen LogP contribution is -2.24. The number of nitrogens with zero attached hydrogens (tertiary/aromatic N) is 2. The highest BCUT2D eigenvalue weighted by Gasteiger charge is 2.14. The molecule has 0 saturated carbocycles. The van der Waals surface area contributed by atoms with E-state index in [1.54, 1.807) is 6.20 Å². The van der Waals surface area contributed by atoms with Gasteiger partial charge in [0.05, 0.1) is 23.0 Å². The van der Waals surface area contributed by atoms with E-state index >= 15 is 0 Å². The van der Waals surface area contributed by atoms with Crippen molar-refractivity contribution in [3.05, 3.63) is 66.4 Å². The zero-order chi connectivity index (χ0) is 18.5. The minimum absolute atomic E-state index is 0.117. The van der Waals surface area contributed by atoms with Crippen LogP contribution in [0.2, 0.25) is 0 Å². The van der Waals surface area contributed by atoms with Crippen LogP contribution in [0.3, 0.4) is 0 Å². The summed E-state index contributed by atoms with van der Waals surface area (Å²) in [6.07, 6.45) is 2.78. The summed E-state index contributed by atoms with van der Waals surface area (Å²) < 4.78 is 0. The topological polar surface area (TPSA) is 45.2 Å². The number of aromatic nitrogens is 1. The number of hydrogen-bond donors (Lipinski definition) is 1. The first-order valence-electron chi connectivity index (χ1n) is 9.01. The van der Waals surface area contributed by atoms with Gasteiger partial charge in [0.1, 0.15) is 0 Å². The monoisotopic (exact) mass is 347 g/mol. The van der Waals surface area contributed by atoms with Crippen molar-refractivity contribution in [2.75, 3.05) is 23.8 Å². The molecular weight excluding hydrogens is 322 g/mol. The smallest absolute Gasteiger partial charge is 0.257 e. The SMILES string of the molecule is CC(C)CCN(C)c1ccccc1C(=O)Nc1cnc2ccccc2c1. The zero-order valence-corrected chi connectivity index (χ0v) is 15.6. The molecule has 0 atom stereocenters. The number of carbonyl (C=O) groups is 1. The first-order valence-corrected chi connectivity index (χ1v) is 9.01. The second kappa shape index (κ2) is 8.00. The molecule has 0 spiro atoms. The first kappa shape index (κ1) is 17.9. The van der Waals surface area contributed by atoms with E-state index < -0.39 is 0 Å². The number of pyridine rings is 1. The highest BCUT2D eigenvalue weighted by Crippen LogP contribution is 2.22. The van der Waals surface area contributed by atoms with Gasteiger partial charge in [0, 0.05) is 24.7 Å². The molecule has 0 radical (unpaired) electrons. The van der Waals surface area contributed by atoms with Crippen LogP contribution in [-0.4, -0.2) is 24.5 Å². The minimum atomic E-state index is -0.117. The molecule has 3 rings (SSSR count). The van der Waals surface area contributed by atoms with Gasteiger partial charge in [0.25, 0.3) is 5.91 Å². The van der Waals surface area contributed by atoms with Gasteiger partial charge in [-0.05, 0) is 36.6 Å². The fraction of sp³-hybridized carbons (Fsp3) is 0.273. The van der Waals surface area contributed by atoms with Crippen LogP contribution in [0.15, 0.2) is 60.8 Å². The van der Waals surface area contributed by atoms with Crippen LogP contribution in [0.5, 0.6) is 0 Å². The molecule has 1 aromatic heterocycles. The van der Waals surface area contributed by atoms with E-state index in [0.29, 0.717) is 17.2 Å². The molecule has 0 aliphatic carbocycles. The number of fused-ring (bicyclic) bond motifs is 1. The lowest BCUT2D eigenvalue weighted by molar-refractivity contribution is 0.102.